The molecule has 1 N–H and O–H groups in total. The van der Waals surface area contributed by atoms with E-state index in [1.54, 1.807) is 7.05 Å². The van der Waals surface area contributed by atoms with Gasteiger partial charge in [0.25, 0.3) is 0 Å². The zero-order valence-electron chi connectivity index (χ0n) is 10.9. The quantitative estimate of drug-likeness (QED) is 0.897. The Morgan fingerprint density at radius 2 is 2.00 bits per heavy atom. The molecule has 1 aromatic rings. The molecule has 1 unspecified atom stereocenters. The van der Waals surface area contributed by atoms with Crippen LogP contribution >= 0.6 is 0 Å². The van der Waals surface area contributed by atoms with E-state index in [0.717, 1.165) is 30.8 Å². The smallest absolute Gasteiger partial charge is 0.235 e. The van der Waals surface area contributed by atoms with Gasteiger partial charge in [0.05, 0.1) is 11.4 Å². The number of rotatable bonds is 4. The Morgan fingerprint density at radius 3 is 2.56 bits per heavy atom. The molecule has 1 aromatic carbocycles. The Bertz CT molecular complexity index is 490. The molecule has 0 radical (unpaired) electrons. The van der Waals surface area contributed by atoms with Crippen molar-refractivity contribution in [1.29, 1.82) is 0 Å². The maximum absolute atomic E-state index is 12.3. The highest BCUT2D eigenvalue weighted by molar-refractivity contribution is 7.92. The van der Waals surface area contributed by atoms with Crippen LogP contribution in [0.5, 0.6) is 0 Å². The maximum atomic E-state index is 12.3. The van der Waals surface area contributed by atoms with Gasteiger partial charge in [0.2, 0.25) is 10.0 Å². The van der Waals surface area contributed by atoms with E-state index < -0.39 is 10.0 Å². The summed E-state index contributed by atoms with van der Waals surface area (Å²) in [5, 5.41) is 3.20. The fourth-order valence-corrected chi connectivity index (χ4v) is 3.73. The van der Waals surface area contributed by atoms with Gasteiger partial charge in [-0.25, -0.2) is 8.42 Å². The van der Waals surface area contributed by atoms with Crippen molar-refractivity contribution >= 4 is 15.7 Å². The predicted octanol–water partition coefficient (Wildman–Crippen LogP) is 1.37. The summed E-state index contributed by atoms with van der Waals surface area (Å²) in [6.45, 7) is 3.72. The minimum Gasteiger partial charge on any atom is -0.316 e. The molecule has 1 atom stereocenters. The summed E-state index contributed by atoms with van der Waals surface area (Å²) in [5.74, 6) is 0.465. The Morgan fingerprint density at radius 1 is 1.33 bits per heavy atom. The summed E-state index contributed by atoms with van der Waals surface area (Å²) in [6.07, 6.45) is 0.945. The van der Waals surface area contributed by atoms with E-state index in [1.165, 1.54) is 4.31 Å². The first-order valence-corrected chi connectivity index (χ1v) is 7.84. The van der Waals surface area contributed by atoms with Crippen LogP contribution in [-0.4, -0.2) is 34.3 Å². The van der Waals surface area contributed by atoms with Crippen molar-refractivity contribution in [2.24, 2.45) is 5.92 Å². The molecule has 1 saturated heterocycles. The molecule has 0 aliphatic carbocycles. The van der Waals surface area contributed by atoms with Crippen LogP contribution in [0.4, 0.5) is 5.69 Å². The minimum absolute atomic E-state index is 0.227. The van der Waals surface area contributed by atoms with E-state index >= 15 is 0 Å². The lowest BCUT2D eigenvalue weighted by Gasteiger charge is -2.21. The number of sulfonamides is 1. The van der Waals surface area contributed by atoms with Crippen molar-refractivity contribution in [1.82, 2.24) is 5.32 Å². The van der Waals surface area contributed by atoms with Gasteiger partial charge in [-0.15, -0.1) is 0 Å². The van der Waals surface area contributed by atoms with Gasteiger partial charge >= 0.3 is 0 Å². The van der Waals surface area contributed by atoms with Crippen molar-refractivity contribution in [2.75, 3.05) is 30.2 Å². The van der Waals surface area contributed by atoms with Crippen molar-refractivity contribution in [3.63, 3.8) is 0 Å². The van der Waals surface area contributed by atoms with Crippen LogP contribution in [0.15, 0.2) is 24.3 Å². The first-order chi connectivity index (χ1) is 8.49. The monoisotopic (exact) mass is 268 g/mol. The van der Waals surface area contributed by atoms with E-state index in [9.17, 15) is 8.42 Å². The Balaban J connectivity index is 2.11. The molecular formula is C13H20N2O2S. The number of nitrogens with zero attached hydrogens (tertiary/aromatic N) is 1. The molecule has 1 fully saturated rings. The number of hydrogen-bond donors (Lipinski definition) is 1. The SMILES string of the molecule is Cc1ccc(N(C)S(=O)(=O)CC2CCNC2)cc1. The average Bonchev–Trinajstić information content (AvgIpc) is 2.81. The topological polar surface area (TPSA) is 49.4 Å². The van der Waals surface area contributed by atoms with E-state index in [0.29, 0.717) is 0 Å². The van der Waals surface area contributed by atoms with Gasteiger partial charge in [-0.2, -0.15) is 0 Å². The zero-order valence-corrected chi connectivity index (χ0v) is 11.7. The third-order valence-corrected chi connectivity index (χ3v) is 5.36. The van der Waals surface area contributed by atoms with E-state index in [4.69, 9.17) is 0 Å². The van der Waals surface area contributed by atoms with Gasteiger partial charge in [-0.05, 0) is 44.5 Å². The van der Waals surface area contributed by atoms with Gasteiger partial charge < -0.3 is 5.32 Å². The molecule has 1 heterocycles. The molecule has 100 valence electrons. The Kier molecular flexibility index (Phi) is 3.92. The van der Waals surface area contributed by atoms with Crippen molar-refractivity contribution in [2.45, 2.75) is 13.3 Å². The number of anilines is 1. The van der Waals surface area contributed by atoms with Crippen LogP contribution in [0, 0.1) is 12.8 Å². The van der Waals surface area contributed by atoms with E-state index in [-0.39, 0.29) is 11.7 Å². The van der Waals surface area contributed by atoms with Gasteiger partial charge in [0, 0.05) is 7.05 Å². The number of benzene rings is 1. The minimum atomic E-state index is -3.22. The van der Waals surface area contributed by atoms with Crippen molar-refractivity contribution in [3.05, 3.63) is 29.8 Å². The Labute approximate surface area is 109 Å². The zero-order chi connectivity index (χ0) is 13.2. The number of aryl methyl sites for hydroxylation is 1. The molecule has 0 bridgehead atoms. The molecule has 4 nitrogen and oxygen atoms in total. The van der Waals surface area contributed by atoms with Crippen LogP contribution in [0.25, 0.3) is 0 Å². The second-order valence-electron chi connectivity index (χ2n) is 4.94. The highest BCUT2D eigenvalue weighted by atomic mass is 32.2. The highest BCUT2D eigenvalue weighted by Crippen LogP contribution is 2.20. The summed E-state index contributed by atoms with van der Waals surface area (Å²) in [5.41, 5.74) is 1.86. The Hall–Kier alpha value is -1.07. The molecule has 5 heteroatoms. The van der Waals surface area contributed by atoms with Crippen LogP contribution in [0.2, 0.25) is 0 Å². The van der Waals surface area contributed by atoms with Crippen molar-refractivity contribution in [3.8, 4) is 0 Å². The molecule has 0 saturated carbocycles. The van der Waals surface area contributed by atoms with Gasteiger partial charge in [-0.1, -0.05) is 17.7 Å². The van der Waals surface area contributed by atoms with Gasteiger partial charge in [0.1, 0.15) is 0 Å². The molecular weight excluding hydrogens is 248 g/mol. The molecule has 0 amide bonds. The maximum Gasteiger partial charge on any atom is 0.235 e. The van der Waals surface area contributed by atoms with E-state index in [2.05, 4.69) is 5.32 Å². The molecule has 0 spiro atoms. The number of hydrogen-bond acceptors (Lipinski definition) is 3. The first-order valence-electron chi connectivity index (χ1n) is 6.23. The normalized spacial score (nSPS) is 20.0. The van der Waals surface area contributed by atoms with Crippen molar-refractivity contribution < 1.29 is 8.42 Å². The largest absolute Gasteiger partial charge is 0.316 e. The lowest BCUT2D eigenvalue weighted by Crippen LogP contribution is -2.32. The average molecular weight is 268 g/mol. The molecule has 0 aromatic heterocycles. The standard InChI is InChI=1S/C13H20N2O2S/c1-11-3-5-13(6-4-11)15(2)18(16,17)10-12-7-8-14-9-12/h3-6,12,14H,7-10H2,1-2H3. The highest BCUT2D eigenvalue weighted by Gasteiger charge is 2.25. The third-order valence-electron chi connectivity index (χ3n) is 3.42. The van der Waals surface area contributed by atoms with Gasteiger partial charge in [-0.3, -0.25) is 4.31 Å². The van der Waals surface area contributed by atoms with Crippen LogP contribution in [0.3, 0.4) is 0 Å². The van der Waals surface area contributed by atoms with Crippen LogP contribution in [-0.2, 0) is 10.0 Å². The summed E-state index contributed by atoms with van der Waals surface area (Å²) in [6, 6.07) is 7.55. The van der Waals surface area contributed by atoms with Crippen LogP contribution in [0.1, 0.15) is 12.0 Å². The van der Waals surface area contributed by atoms with Crippen LogP contribution < -0.4 is 9.62 Å². The predicted molar refractivity (Wildman–Crippen MR) is 74.3 cm³/mol. The van der Waals surface area contributed by atoms with E-state index in [1.807, 2.05) is 31.2 Å². The number of nitrogens with one attached hydrogen (secondary N) is 1. The lowest BCUT2D eigenvalue weighted by atomic mass is 10.2. The summed E-state index contributed by atoms with van der Waals surface area (Å²) in [7, 11) is -1.59. The summed E-state index contributed by atoms with van der Waals surface area (Å²) < 4.78 is 25.9. The summed E-state index contributed by atoms with van der Waals surface area (Å²) in [4.78, 5) is 0. The lowest BCUT2D eigenvalue weighted by molar-refractivity contribution is 0.569. The third kappa shape index (κ3) is 3.03. The fourth-order valence-electron chi connectivity index (χ4n) is 2.18. The second-order valence-corrected chi connectivity index (χ2v) is 6.99. The molecule has 18 heavy (non-hydrogen) atoms. The molecule has 1 aliphatic heterocycles. The molecule has 2 rings (SSSR count). The first kappa shape index (κ1) is 13.4. The summed E-state index contributed by atoms with van der Waals surface area (Å²) >= 11 is 0. The molecule has 1 aliphatic rings. The van der Waals surface area contributed by atoms with Gasteiger partial charge in [0.15, 0.2) is 0 Å². The fraction of sp³-hybridized carbons (Fsp3) is 0.538. The second kappa shape index (κ2) is 5.28.